The average Bonchev–Trinajstić information content (AvgIpc) is 2.42. The molecule has 1 aromatic heterocycles. The molecule has 3 nitrogen and oxygen atoms in total. The number of para-hydroxylation sites is 1. The number of carbonyl (C=O) groups excluding carboxylic acids is 1. The number of hydrogen-bond acceptors (Lipinski definition) is 3. The summed E-state index contributed by atoms with van der Waals surface area (Å²) in [5.74, 6) is 0.326. The van der Waals surface area contributed by atoms with Gasteiger partial charge >= 0.3 is 0 Å². The normalized spacial score (nSPS) is 20.2. The average molecular weight is 241 g/mol. The number of carbonyl (C=O) groups is 1. The van der Waals surface area contributed by atoms with Gasteiger partial charge in [-0.3, -0.25) is 9.78 Å². The molecule has 0 aliphatic carbocycles. The minimum absolute atomic E-state index is 0.00422. The molecule has 1 unspecified atom stereocenters. The summed E-state index contributed by atoms with van der Waals surface area (Å²) in [6.45, 7) is 1.13. The van der Waals surface area contributed by atoms with E-state index in [1.165, 1.54) is 5.56 Å². The van der Waals surface area contributed by atoms with Crippen molar-refractivity contribution in [3.63, 3.8) is 0 Å². The molecule has 92 valence electrons. The molecule has 0 spiro atoms. The molecular weight excluding hydrogens is 226 g/mol. The summed E-state index contributed by atoms with van der Waals surface area (Å²) >= 11 is 0. The molecule has 2 heterocycles. The smallest absolute Gasteiger partial charge is 0.140 e. The van der Waals surface area contributed by atoms with Crippen LogP contribution in [0.5, 0.6) is 0 Å². The number of aromatic nitrogens is 1. The Morgan fingerprint density at radius 1 is 1.28 bits per heavy atom. The quantitative estimate of drug-likeness (QED) is 0.810. The van der Waals surface area contributed by atoms with Gasteiger partial charge in [0.05, 0.1) is 18.7 Å². The van der Waals surface area contributed by atoms with Crippen LogP contribution >= 0.6 is 0 Å². The van der Waals surface area contributed by atoms with Gasteiger partial charge in [-0.25, -0.2) is 0 Å². The zero-order chi connectivity index (χ0) is 12.4. The molecule has 1 aliphatic rings. The minimum Gasteiger partial charge on any atom is -0.380 e. The van der Waals surface area contributed by atoms with Crippen molar-refractivity contribution in [2.75, 3.05) is 13.2 Å². The van der Waals surface area contributed by atoms with Crippen LogP contribution in [0.15, 0.2) is 36.5 Å². The Labute approximate surface area is 106 Å². The van der Waals surface area contributed by atoms with E-state index in [9.17, 15) is 4.79 Å². The zero-order valence-corrected chi connectivity index (χ0v) is 10.1. The van der Waals surface area contributed by atoms with Gasteiger partial charge in [-0.05, 0) is 24.1 Å². The summed E-state index contributed by atoms with van der Waals surface area (Å²) in [5, 5.41) is 1.14. The van der Waals surface area contributed by atoms with Crippen LogP contribution in [0.25, 0.3) is 10.9 Å². The Balaban J connectivity index is 1.92. The van der Waals surface area contributed by atoms with Crippen LogP contribution < -0.4 is 0 Å². The molecule has 3 heteroatoms. The number of fused-ring (bicyclic) bond motifs is 1. The standard InChI is InChI=1S/C15H15NO2/c17-15-6-8-18-10-12(15)9-11-5-7-16-14-4-2-1-3-13(11)14/h1-5,7,12H,6,8-10H2. The third kappa shape index (κ3) is 2.14. The maximum absolute atomic E-state index is 11.8. The molecule has 0 saturated carbocycles. The summed E-state index contributed by atoms with van der Waals surface area (Å²) in [6.07, 6.45) is 3.11. The molecule has 1 atom stereocenters. The predicted octanol–water partition coefficient (Wildman–Crippen LogP) is 2.38. The first kappa shape index (κ1) is 11.4. The molecule has 1 saturated heterocycles. The molecule has 3 rings (SSSR count). The van der Waals surface area contributed by atoms with Gasteiger partial charge in [-0.2, -0.15) is 0 Å². The molecule has 0 N–H and O–H groups in total. The third-order valence-electron chi connectivity index (χ3n) is 3.47. The molecule has 0 radical (unpaired) electrons. The van der Waals surface area contributed by atoms with Gasteiger partial charge < -0.3 is 4.74 Å². The number of ketones is 1. The second-order valence-corrected chi connectivity index (χ2v) is 4.68. The number of rotatable bonds is 2. The van der Waals surface area contributed by atoms with Crippen molar-refractivity contribution in [2.24, 2.45) is 5.92 Å². The summed E-state index contributed by atoms with van der Waals surface area (Å²) < 4.78 is 5.40. The highest BCUT2D eigenvalue weighted by Gasteiger charge is 2.23. The molecule has 18 heavy (non-hydrogen) atoms. The van der Waals surface area contributed by atoms with Crippen LogP contribution in [-0.2, 0) is 16.0 Å². The fourth-order valence-electron chi connectivity index (χ4n) is 2.47. The monoisotopic (exact) mass is 241 g/mol. The van der Waals surface area contributed by atoms with Crippen LogP contribution in [0.4, 0.5) is 0 Å². The molecule has 0 amide bonds. The Morgan fingerprint density at radius 2 is 2.17 bits per heavy atom. The largest absolute Gasteiger partial charge is 0.380 e. The number of pyridine rings is 1. The highest BCUT2D eigenvalue weighted by Crippen LogP contribution is 2.22. The zero-order valence-electron chi connectivity index (χ0n) is 10.1. The Hall–Kier alpha value is -1.74. The van der Waals surface area contributed by atoms with Crippen LogP contribution in [0.1, 0.15) is 12.0 Å². The van der Waals surface area contributed by atoms with Crippen LogP contribution in [-0.4, -0.2) is 24.0 Å². The molecule has 2 aromatic rings. The number of benzene rings is 1. The van der Waals surface area contributed by atoms with Gasteiger partial charge in [0.2, 0.25) is 0 Å². The lowest BCUT2D eigenvalue weighted by Crippen LogP contribution is -2.29. The highest BCUT2D eigenvalue weighted by molar-refractivity contribution is 5.85. The fourth-order valence-corrected chi connectivity index (χ4v) is 2.47. The van der Waals surface area contributed by atoms with E-state index in [1.54, 1.807) is 0 Å². The maximum Gasteiger partial charge on any atom is 0.140 e. The maximum atomic E-state index is 11.8. The van der Waals surface area contributed by atoms with Crippen molar-refractivity contribution in [2.45, 2.75) is 12.8 Å². The molecular formula is C15H15NO2. The van der Waals surface area contributed by atoms with E-state index in [-0.39, 0.29) is 5.92 Å². The SMILES string of the molecule is O=C1CCOCC1Cc1ccnc2ccccc12. The molecule has 0 bridgehead atoms. The van der Waals surface area contributed by atoms with Gasteiger partial charge in [0.25, 0.3) is 0 Å². The topological polar surface area (TPSA) is 39.2 Å². The van der Waals surface area contributed by atoms with Gasteiger partial charge in [0.15, 0.2) is 0 Å². The van der Waals surface area contributed by atoms with Gasteiger partial charge in [-0.15, -0.1) is 0 Å². The molecule has 1 aliphatic heterocycles. The number of nitrogens with zero attached hydrogens (tertiary/aromatic N) is 1. The Kier molecular flexibility index (Phi) is 3.07. The van der Waals surface area contributed by atoms with Crippen LogP contribution in [0.3, 0.4) is 0 Å². The molecule has 1 fully saturated rings. The van der Waals surface area contributed by atoms with Crippen molar-refractivity contribution in [1.29, 1.82) is 0 Å². The lowest BCUT2D eigenvalue weighted by atomic mass is 9.91. The minimum atomic E-state index is 0.00422. The number of Topliss-reactive ketones (excluding diaryl/α,β-unsaturated/α-hetero) is 1. The van der Waals surface area contributed by atoms with Crippen molar-refractivity contribution in [1.82, 2.24) is 4.98 Å². The summed E-state index contributed by atoms with van der Waals surface area (Å²) in [4.78, 5) is 16.2. The summed E-state index contributed by atoms with van der Waals surface area (Å²) in [7, 11) is 0. The van der Waals surface area contributed by atoms with E-state index < -0.39 is 0 Å². The third-order valence-corrected chi connectivity index (χ3v) is 3.47. The highest BCUT2D eigenvalue weighted by atomic mass is 16.5. The van der Waals surface area contributed by atoms with Crippen molar-refractivity contribution < 1.29 is 9.53 Å². The predicted molar refractivity (Wildman–Crippen MR) is 69.4 cm³/mol. The second-order valence-electron chi connectivity index (χ2n) is 4.68. The molecule has 1 aromatic carbocycles. The Bertz CT molecular complexity index is 574. The van der Waals surface area contributed by atoms with E-state index in [1.807, 2.05) is 30.5 Å². The Morgan fingerprint density at radius 3 is 3.06 bits per heavy atom. The first-order valence-corrected chi connectivity index (χ1v) is 6.27. The lowest BCUT2D eigenvalue weighted by Gasteiger charge is -2.21. The lowest BCUT2D eigenvalue weighted by molar-refractivity contribution is -0.130. The van der Waals surface area contributed by atoms with Gasteiger partial charge in [0.1, 0.15) is 5.78 Å². The van der Waals surface area contributed by atoms with E-state index >= 15 is 0 Å². The number of ether oxygens (including phenoxy) is 1. The van der Waals surface area contributed by atoms with Gasteiger partial charge in [-0.1, -0.05) is 18.2 Å². The first-order chi connectivity index (χ1) is 8.84. The van der Waals surface area contributed by atoms with E-state index in [4.69, 9.17) is 4.74 Å². The summed E-state index contributed by atoms with van der Waals surface area (Å²) in [5.41, 5.74) is 2.17. The van der Waals surface area contributed by atoms with E-state index in [2.05, 4.69) is 11.1 Å². The number of hydrogen-bond donors (Lipinski definition) is 0. The van der Waals surface area contributed by atoms with Gasteiger partial charge in [0, 0.05) is 23.9 Å². The first-order valence-electron chi connectivity index (χ1n) is 6.27. The van der Waals surface area contributed by atoms with Crippen LogP contribution in [0, 0.1) is 5.92 Å². The summed E-state index contributed by atoms with van der Waals surface area (Å²) in [6, 6.07) is 10.1. The fraction of sp³-hybridized carbons (Fsp3) is 0.333. The van der Waals surface area contributed by atoms with Crippen LogP contribution in [0.2, 0.25) is 0 Å². The van der Waals surface area contributed by atoms with Crippen molar-refractivity contribution >= 4 is 16.7 Å². The second kappa shape index (κ2) is 4.86. The van der Waals surface area contributed by atoms with Crippen molar-refractivity contribution in [3.8, 4) is 0 Å². The van der Waals surface area contributed by atoms with Crippen molar-refractivity contribution in [3.05, 3.63) is 42.1 Å². The van der Waals surface area contributed by atoms with E-state index in [0.29, 0.717) is 25.4 Å². The van der Waals surface area contributed by atoms with E-state index in [0.717, 1.165) is 17.3 Å².